The van der Waals surface area contributed by atoms with Crippen LogP contribution in [0.5, 0.6) is 11.5 Å². The van der Waals surface area contributed by atoms with Crippen LogP contribution < -0.4 is 9.47 Å². The third-order valence-corrected chi connectivity index (χ3v) is 7.00. The van der Waals surface area contributed by atoms with Crippen LogP contribution in [0, 0.1) is 18.3 Å². The van der Waals surface area contributed by atoms with Gasteiger partial charge in [-0.15, -0.1) is 12.3 Å². The lowest BCUT2D eigenvalue weighted by molar-refractivity contribution is -0.134. The molecule has 0 amide bonds. The molecule has 1 aliphatic carbocycles. The first-order valence-electron chi connectivity index (χ1n) is 13.7. The van der Waals surface area contributed by atoms with E-state index in [1.165, 1.54) is 5.57 Å². The van der Waals surface area contributed by atoms with Gasteiger partial charge in [0.2, 0.25) is 5.79 Å². The summed E-state index contributed by atoms with van der Waals surface area (Å²) in [4.78, 5) is 14.9. The molecule has 1 N–H and O–H groups in total. The van der Waals surface area contributed by atoms with Crippen molar-refractivity contribution in [2.75, 3.05) is 20.6 Å². The number of hydrogen-bond acceptors (Lipinski definition) is 5. The Labute approximate surface area is 224 Å². The Hall–Kier alpha value is -2.55. The van der Waals surface area contributed by atoms with Crippen LogP contribution in [0.1, 0.15) is 96.1 Å². The van der Waals surface area contributed by atoms with Gasteiger partial charge in [-0.05, 0) is 77.2 Å². The molecule has 3 atom stereocenters. The molecule has 204 valence electrons. The Morgan fingerprint density at radius 2 is 2.00 bits per heavy atom. The molecular formula is C32H47NO4. The number of terminal acetylenes is 1. The quantitative estimate of drug-likeness (QED) is 0.0747. The van der Waals surface area contributed by atoms with Crippen LogP contribution in [0.4, 0.5) is 0 Å². The van der Waals surface area contributed by atoms with Gasteiger partial charge in [0, 0.05) is 37.8 Å². The van der Waals surface area contributed by atoms with Gasteiger partial charge in [0.05, 0.1) is 6.42 Å². The molecule has 0 fully saturated rings. The van der Waals surface area contributed by atoms with E-state index < -0.39 is 5.79 Å². The van der Waals surface area contributed by atoms with Crippen LogP contribution in [-0.4, -0.2) is 42.4 Å². The molecule has 0 saturated carbocycles. The molecule has 0 aliphatic heterocycles. The predicted molar refractivity (Wildman–Crippen MR) is 152 cm³/mol. The molecule has 0 radical (unpaired) electrons. The highest BCUT2D eigenvalue weighted by Gasteiger charge is 2.34. The maximum Gasteiger partial charge on any atom is 0.312 e. The predicted octanol–water partition coefficient (Wildman–Crippen LogP) is 6.79. The number of allylic oxidation sites excluding steroid dienone is 3. The zero-order chi connectivity index (χ0) is 27.6. The fourth-order valence-corrected chi connectivity index (χ4v) is 4.86. The highest BCUT2D eigenvalue weighted by atomic mass is 16.6. The normalized spacial score (nSPS) is 19.1. The van der Waals surface area contributed by atoms with Gasteiger partial charge in [0.1, 0.15) is 11.5 Å². The maximum atomic E-state index is 12.9. The van der Waals surface area contributed by atoms with E-state index in [4.69, 9.17) is 15.9 Å². The largest absolute Gasteiger partial charge is 0.462 e. The van der Waals surface area contributed by atoms with E-state index in [9.17, 15) is 9.90 Å². The highest BCUT2D eigenvalue weighted by Crippen LogP contribution is 2.48. The van der Waals surface area contributed by atoms with Crippen LogP contribution >= 0.6 is 0 Å². The van der Waals surface area contributed by atoms with Crippen molar-refractivity contribution in [3.8, 4) is 23.8 Å². The van der Waals surface area contributed by atoms with Crippen molar-refractivity contribution >= 4 is 5.97 Å². The Bertz CT molecular complexity index is 999. The second-order valence-corrected chi connectivity index (χ2v) is 11.0. The lowest BCUT2D eigenvalue weighted by atomic mass is 9.73. The zero-order valence-corrected chi connectivity index (χ0v) is 23.9. The number of ether oxygens (including phenoxy) is 2. The van der Waals surface area contributed by atoms with Crippen molar-refractivity contribution in [3.63, 3.8) is 0 Å². The molecule has 37 heavy (non-hydrogen) atoms. The molecule has 5 nitrogen and oxygen atoms in total. The monoisotopic (exact) mass is 509 g/mol. The van der Waals surface area contributed by atoms with Gasteiger partial charge in [0.25, 0.3) is 0 Å². The van der Waals surface area contributed by atoms with Crippen LogP contribution in [0.25, 0.3) is 0 Å². The molecule has 1 aromatic carbocycles. The summed E-state index contributed by atoms with van der Waals surface area (Å²) in [5.74, 6) is 2.01. The molecule has 0 spiro atoms. The van der Waals surface area contributed by atoms with Crippen LogP contribution in [-0.2, 0) is 11.2 Å². The summed E-state index contributed by atoms with van der Waals surface area (Å²) < 4.78 is 12.4. The molecule has 3 unspecified atom stereocenters. The van der Waals surface area contributed by atoms with Gasteiger partial charge in [-0.25, -0.2) is 0 Å². The van der Waals surface area contributed by atoms with Crippen molar-refractivity contribution < 1.29 is 19.4 Å². The van der Waals surface area contributed by atoms with E-state index in [0.717, 1.165) is 55.2 Å². The number of benzene rings is 1. The summed E-state index contributed by atoms with van der Waals surface area (Å²) in [7, 11) is 3.87. The first-order chi connectivity index (χ1) is 17.5. The minimum absolute atomic E-state index is 0.0778. The van der Waals surface area contributed by atoms with Crippen molar-refractivity contribution in [3.05, 3.63) is 47.1 Å². The summed E-state index contributed by atoms with van der Waals surface area (Å²) in [6.07, 6.45) is 14.7. The maximum absolute atomic E-state index is 12.9. The minimum Gasteiger partial charge on any atom is -0.462 e. The van der Waals surface area contributed by atoms with E-state index >= 15 is 0 Å². The molecule has 5 heteroatoms. The number of hydrogen-bond donors (Lipinski definition) is 1. The lowest BCUT2D eigenvalue weighted by Crippen LogP contribution is -2.32. The number of aryl methyl sites for hydroxylation is 1. The number of aliphatic hydroxyl groups is 1. The highest BCUT2D eigenvalue weighted by molar-refractivity contribution is 5.74. The molecule has 0 aromatic heterocycles. The third-order valence-electron chi connectivity index (χ3n) is 7.00. The zero-order valence-electron chi connectivity index (χ0n) is 23.9. The number of carbonyl (C=O) groups excluding carboxylic acids is 1. The average molecular weight is 510 g/mol. The van der Waals surface area contributed by atoms with Crippen LogP contribution in [0.2, 0.25) is 0 Å². The van der Waals surface area contributed by atoms with Gasteiger partial charge in [-0.1, -0.05) is 43.6 Å². The van der Waals surface area contributed by atoms with Gasteiger partial charge in [-0.2, -0.15) is 0 Å². The lowest BCUT2D eigenvalue weighted by Gasteiger charge is -2.34. The van der Waals surface area contributed by atoms with E-state index in [0.29, 0.717) is 30.9 Å². The van der Waals surface area contributed by atoms with Gasteiger partial charge in [0.15, 0.2) is 0 Å². The molecule has 0 heterocycles. The van der Waals surface area contributed by atoms with Crippen molar-refractivity contribution in [2.45, 2.75) is 97.2 Å². The van der Waals surface area contributed by atoms with Gasteiger partial charge in [-0.3, -0.25) is 4.79 Å². The van der Waals surface area contributed by atoms with Gasteiger partial charge < -0.3 is 19.5 Å². The van der Waals surface area contributed by atoms with Gasteiger partial charge >= 0.3 is 5.97 Å². The van der Waals surface area contributed by atoms with Crippen molar-refractivity contribution in [2.24, 2.45) is 5.92 Å². The average Bonchev–Trinajstić information content (AvgIpc) is 2.81. The second-order valence-electron chi connectivity index (χ2n) is 11.0. The summed E-state index contributed by atoms with van der Waals surface area (Å²) in [6.45, 7) is 12.9. The number of nitrogens with zero attached hydrogens (tertiary/aromatic N) is 1. The fraction of sp³-hybridized carbons (Fsp3) is 0.594. The number of rotatable bonds is 14. The standard InChI is InChI=1S/C32H47NO4/c1-9-11-13-14-25-21-28(36-30(34)17-19-33(7)8)31(27-20-24(5)15-16-26(27)23(3)4)29(22-25)37-32(6,35)18-12-10-2/h2,20-22,26-27,35H,3,9,11-19H2,1,4-8H3. The molecule has 1 aromatic rings. The SMILES string of the molecule is C#CCCC(C)(O)Oc1cc(CCCCC)cc(OC(=O)CCN(C)C)c1C1C=C(C)CCC1C(=C)C. The van der Waals surface area contributed by atoms with Crippen LogP contribution in [0.3, 0.4) is 0 Å². The Morgan fingerprint density at radius 3 is 2.62 bits per heavy atom. The number of carbonyl (C=O) groups is 1. The molecule has 1 aliphatic rings. The topological polar surface area (TPSA) is 59.0 Å². The van der Waals surface area contributed by atoms with E-state index in [2.05, 4.69) is 39.3 Å². The fourth-order valence-electron chi connectivity index (χ4n) is 4.86. The smallest absolute Gasteiger partial charge is 0.312 e. The first-order valence-corrected chi connectivity index (χ1v) is 13.7. The first kappa shape index (κ1) is 30.7. The molecular weight excluding hydrogens is 462 g/mol. The Morgan fingerprint density at radius 1 is 1.30 bits per heavy atom. The molecule has 0 saturated heterocycles. The number of unbranched alkanes of at least 4 members (excludes halogenated alkanes) is 2. The summed E-state index contributed by atoms with van der Waals surface area (Å²) >= 11 is 0. The Kier molecular flexibility index (Phi) is 11.9. The minimum atomic E-state index is -1.46. The summed E-state index contributed by atoms with van der Waals surface area (Å²) in [5.41, 5.74) is 4.18. The summed E-state index contributed by atoms with van der Waals surface area (Å²) in [5, 5.41) is 11.1. The van der Waals surface area contributed by atoms with E-state index in [-0.39, 0.29) is 24.2 Å². The van der Waals surface area contributed by atoms with Crippen LogP contribution in [0.15, 0.2) is 35.9 Å². The molecule has 2 rings (SSSR count). The summed E-state index contributed by atoms with van der Waals surface area (Å²) in [6, 6.07) is 4.01. The second kappa shape index (κ2) is 14.4. The Balaban J connectivity index is 2.68. The van der Waals surface area contributed by atoms with E-state index in [1.54, 1.807) is 6.92 Å². The molecule has 0 bridgehead atoms. The van der Waals surface area contributed by atoms with E-state index in [1.807, 2.05) is 31.1 Å². The van der Waals surface area contributed by atoms with Crippen molar-refractivity contribution in [1.29, 1.82) is 0 Å². The third kappa shape index (κ3) is 9.68. The van der Waals surface area contributed by atoms with Crippen molar-refractivity contribution in [1.82, 2.24) is 4.90 Å². The number of esters is 1.